The molecule has 114 valence electrons. The second-order valence-corrected chi connectivity index (χ2v) is 5.80. The fourth-order valence-electron chi connectivity index (χ4n) is 2.66. The first-order valence-corrected chi connectivity index (χ1v) is 7.71. The zero-order chi connectivity index (χ0) is 14.4. The molecule has 1 aliphatic heterocycles. The Bertz CT molecular complexity index is 391. The summed E-state index contributed by atoms with van der Waals surface area (Å²) in [6.45, 7) is 11.8. The minimum absolute atomic E-state index is 0.628. The number of piperazine rings is 1. The second kappa shape index (κ2) is 7.71. The van der Waals surface area contributed by atoms with E-state index >= 15 is 0 Å². The van der Waals surface area contributed by atoms with E-state index in [1.165, 1.54) is 0 Å². The third-order valence-electron chi connectivity index (χ3n) is 3.90. The van der Waals surface area contributed by atoms with Gasteiger partial charge in [0.05, 0.1) is 12.2 Å². The van der Waals surface area contributed by atoms with Crippen molar-refractivity contribution in [3.8, 4) is 0 Å². The molecule has 0 amide bonds. The fraction of sp³-hybridized carbons (Fsp3) is 0.857. The molecule has 20 heavy (non-hydrogen) atoms. The Hall–Kier alpha value is -0.980. The Morgan fingerprint density at radius 2 is 2.20 bits per heavy atom. The summed E-state index contributed by atoms with van der Waals surface area (Å²) in [4.78, 5) is 4.94. The van der Waals surface area contributed by atoms with Crippen molar-refractivity contribution in [3.05, 3.63) is 11.9 Å². The third-order valence-corrected chi connectivity index (χ3v) is 3.90. The van der Waals surface area contributed by atoms with Crippen LogP contribution < -0.4 is 5.32 Å². The molecule has 0 spiro atoms. The van der Waals surface area contributed by atoms with E-state index in [4.69, 9.17) is 0 Å². The first-order valence-electron chi connectivity index (χ1n) is 7.71. The van der Waals surface area contributed by atoms with Crippen molar-refractivity contribution >= 4 is 0 Å². The highest BCUT2D eigenvalue weighted by Gasteiger charge is 2.20. The normalized spacial score (nSPS) is 21.4. The minimum Gasteiger partial charge on any atom is -0.311 e. The van der Waals surface area contributed by atoms with Crippen molar-refractivity contribution in [3.63, 3.8) is 0 Å². The number of aromatic nitrogens is 3. The minimum atomic E-state index is 0.628. The van der Waals surface area contributed by atoms with Gasteiger partial charge in [0.25, 0.3) is 0 Å². The lowest BCUT2D eigenvalue weighted by molar-refractivity contribution is 0.0957. The van der Waals surface area contributed by atoms with Gasteiger partial charge in [0.2, 0.25) is 0 Å². The molecule has 1 unspecified atom stereocenters. The monoisotopic (exact) mass is 280 g/mol. The summed E-state index contributed by atoms with van der Waals surface area (Å²) in [7, 11) is 2.20. The summed E-state index contributed by atoms with van der Waals surface area (Å²) in [6, 6.07) is 0.628. The lowest BCUT2D eigenvalue weighted by atomic mass is 10.2. The van der Waals surface area contributed by atoms with Gasteiger partial charge in [-0.05, 0) is 26.9 Å². The molecule has 2 heterocycles. The Labute approximate surface area is 122 Å². The largest absolute Gasteiger partial charge is 0.311 e. The molecule has 0 saturated carbocycles. The average molecular weight is 280 g/mol. The van der Waals surface area contributed by atoms with Crippen LogP contribution in [0.4, 0.5) is 0 Å². The molecule has 1 aliphatic rings. The van der Waals surface area contributed by atoms with E-state index in [9.17, 15) is 0 Å². The molecule has 2 rings (SSSR count). The zero-order valence-corrected chi connectivity index (χ0v) is 13.0. The van der Waals surface area contributed by atoms with Gasteiger partial charge in [-0.25, -0.2) is 0 Å². The van der Waals surface area contributed by atoms with Crippen LogP contribution >= 0.6 is 0 Å². The maximum atomic E-state index is 4.21. The molecule has 1 aromatic rings. The standard InChI is InChI=1S/C14H28N6/c1-4-5-15-10-14-12-20(17-16-14)9-8-19-7-6-18(3)11-13(19)2/h12-13,15H,4-11H2,1-3H3. The highest BCUT2D eigenvalue weighted by atomic mass is 15.4. The predicted octanol–water partition coefficient (Wildman–Crippen LogP) is 0.414. The molecule has 0 bridgehead atoms. The Balaban J connectivity index is 1.73. The molecule has 1 fully saturated rings. The highest BCUT2D eigenvalue weighted by Crippen LogP contribution is 2.07. The number of rotatable bonds is 7. The maximum absolute atomic E-state index is 4.21. The summed E-state index contributed by atoms with van der Waals surface area (Å²) in [5.74, 6) is 0. The molecule has 6 nitrogen and oxygen atoms in total. The van der Waals surface area contributed by atoms with Gasteiger partial charge < -0.3 is 10.2 Å². The molecule has 1 aromatic heterocycles. The van der Waals surface area contributed by atoms with Gasteiger partial charge >= 0.3 is 0 Å². The lowest BCUT2D eigenvalue weighted by Gasteiger charge is -2.38. The summed E-state index contributed by atoms with van der Waals surface area (Å²) >= 11 is 0. The average Bonchev–Trinajstić information content (AvgIpc) is 2.86. The van der Waals surface area contributed by atoms with Gasteiger partial charge in [-0.3, -0.25) is 9.58 Å². The van der Waals surface area contributed by atoms with Crippen LogP contribution in [0.1, 0.15) is 26.0 Å². The van der Waals surface area contributed by atoms with E-state index < -0.39 is 0 Å². The third kappa shape index (κ3) is 4.54. The maximum Gasteiger partial charge on any atom is 0.0964 e. The molecule has 1 atom stereocenters. The Kier molecular flexibility index (Phi) is 5.94. The van der Waals surface area contributed by atoms with E-state index in [-0.39, 0.29) is 0 Å². The van der Waals surface area contributed by atoms with Crippen LogP contribution in [-0.4, -0.2) is 70.6 Å². The number of hydrogen-bond donors (Lipinski definition) is 1. The van der Waals surface area contributed by atoms with Crippen LogP contribution in [0.25, 0.3) is 0 Å². The molecule has 0 radical (unpaired) electrons. The molecule has 1 N–H and O–H groups in total. The molecular formula is C14H28N6. The van der Waals surface area contributed by atoms with E-state index in [1.807, 2.05) is 4.68 Å². The van der Waals surface area contributed by atoms with Crippen LogP contribution in [0.5, 0.6) is 0 Å². The van der Waals surface area contributed by atoms with Crippen molar-refractivity contribution < 1.29 is 0 Å². The zero-order valence-electron chi connectivity index (χ0n) is 13.0. The van der Waals surface area contributed by atoms with Gasteiger partial charge in [-0.15, -0.1) is 5.10 Å². The topological polar surface area (TPSA) is 49.2 Å². The summed E-state index contributed by atoms with van der Waals surface area (Å²) in [6.07, 6.45) is 3.21. The first-order chi connectivity index (χ1) is 9.69. The van der Waals surface area contributed by atoms with Gasteiger partial charge in [0.1, 0.15) is 0 Å². The molecule has 1 saturated heterocycles. The van der Waals surface area contributed by atoms with Gasteiger partial charge in [-0.1, -0.05) is 12.1 Å². The van der Waals surface area contributed by atoms with E-state index in [2.05, 4.69) is 52.5 Å². The van der Waals surface area contributed by atoms with E-state index in [0.717, 1.165) is 57.9 Å². The van der Waals surface area contributed by atoms with Gasteiger partial charge in [0.15, 0.2) is 0 Å². The van der Waals surface area contributed by atoms with Crippen LogP contribution in [0, 0.1) is 0 Å². The summed E-state index contributed by atoms with van der Waals surface area (Å²) in [5.41, 5.74) is 1.03. The first kappa shape index (κ1) is 15.4. The Morgan fingerprint density at radius 3 is 2.95 bits per heavy atom. The highest BCUT2D eigenvalue weighted by molar-refractivity contribution is 4.91. The molecule has 0 aromatic carbocycles. The Morgan fingerprint density at radius 1 is 1.35 bits per heavy atom. The number of hydrogen-bond acceptors (Lipinski definition) is 5. The van der Waals surface area contributed by atoms with Crippen LogP contribution in [-0.2, 0) is 13.1 Å². The predicted molar refractivity (Wildman–Crippen MR) is 80.6 cm³/mol. The molecule has 0 aliphatic carbocycles. The fourth-order valence-corrected chi connectivity index (χ4v) is 2.66. The summed E-state index contributed by atoms with van der Waals surface area (Å²) in [5, 5.41) is 11.8. The van der Waals surface area contributed by atoms with Crippen molar-refractivity contribution in [1.82, 2.24) is 30.1 Å². The van der Waals surface area contributed by atoms with Crippen molar-refractivity contribution in [2.45, 2.75) is 39.4 Å². The number of likely N-dealkylation sites (N-methyl/N-ethyl adjacent to an activating group) is 1. The quantitative estimate of drug-likeness (QED) is 0.733. The van der Waals surface area contributed by atoms with Crippen molar-refractivity contribution in [2.75, 3.05) is 39.8 Å². The van der Waals surface area contributed by atoms with E-state index in [1.54, 1.807) is 0 Å². The lowest BCUT2D eigenvalue weighted by Crippen LogP contribution is -2.51. The number of nitrogens with one attached hydrogen (secondary N) is 1. The van der Waals surface area contributed by atoms with Gasteiger partial charge in [0, 0.05) is 45.0 Å². The molecular weight excluding hydrogens is 252 g/mol. The van der Waals surface area contributed by atoms with Crippen molar-refractivity contribution in [1.29, 1.82) is 0 Å². The van der Waals surface area contributed by atoms with E-state index in [0.29, 0.717) is 6.04 Å². The number of nitrogens with zero attached hydrogens (tertiary/aromatic N) is 5. The SMILES string of the molecule is CCCNCc1cn(CCN2CCN(C)CC2C)nn1. The van der Waals surface area contributed by atoms with Crippen molar-refractivity contribution in [2.24, 2.45) is 0 Å². The smallest absolute Gasteiger partial charge is 0.0964 e. The molecule has 6 heteroatoms. The van der Waals surface area contributed by atoms with Crippen LogP contribution in [0.3, 0.4) is 0 Å². The van der Waals surface area contributed by atoms with Gasteiger partial charge in [-0.2, -0.15) is 0 Å². The second-order valence-electron chi connectivity index (χ2n) is 5.80. The summed E-state index contributed by atoms with van der Waals surface area (Å²) < 4.78 is 1.97. The van der Waals surface area contributed by atoms with Crippen LogP contribution in [0.2, 0.25) is 0 Å². The van der Waals surface area contributed by atoms with Crippen LogP contribution in [0.15, 0.2) is 6.20 Å².